The highest BCUT2D eigenvalue weighted by Crippen LogP contribution is 2.43. The highest BCUT2D eigenvalue weighted by atomic mass is 16.4. The molecule has 1 aliphatic rings. The van der Waals surface area contributed by atoms with Crippen LogP contribution in [0.1, 0.15) is 63.9 Å². The van der Waals surface area contributed by atoms with Crippen LogP contribution in [0.4, 0.5) is 45.5 Å². The van der Waals surface area contributed by atoms with E-state index in [1.165, 1.54) is 62.0 Å². The van der Waals surface area contributed by atoms with Crippen molar-refractivity contribution in [2.45, 2.75) is 72.4 Å². The molecule has 0 radical (unpaired) electrons. The fourth-order valence-corrected chi connectivity index (χ4v) is 8.09. The lowest BCUT2D eigenvalue weighted by Gasteiger charge is -2.22. The summed E-state index contributed by atoms with van der Waals surface area (Å²) in [5, 5.41) is 13.5. The molecule has 0 atom stereocenters. The molecular weight excluding hydrogens is 885 g/mol. The first-order valence-electron chi connectivity index (χ1n) is 23.4. The van der Waals surface area contributed by atoms with Gasteiger partial charge in [-0.2, -0.15) is 0 Å². The van der Waals surface area contributed by atoms with Crippen molar-refractivity contribution < 1.29 is 9.90 Å². The number of rotatable bonds is 3. The van der Waals surface area contributed by atoms with Gasteiger partial charge in [-0.1, -0.05) is 84.9 Å². The zero-order valence-electron chi connectivity index (χ0n) is 41.7. The van der Waals surface area contributed by atoms with E-state index in [0.717, 1.165) is 87.6 Å². The van der Waals surface area contributed by atoms with E-state index in [0.29, 0.717) is 23.5 Å². The number of nitrogens with two attached hydrogens (primary N) is 12. The minimum Gasteiger partial charge on any atom is -0.478 e. The Morgan fingerprint density at radius 3 is 1.11 bits per heavy atom. The predicted octanol–water partition coefficient (Wildman–Crippen LogP) is 9.36. The van der Waals surface area contributed by atoms with Gasteiger partial charge in [-0.3, -0.25) is 0 Å². The van der Waals surface area contributed by atoms with Gasteiger partial charge in [-0.15, -0.1) is 0 Å². The van der Waals surface area contributed by atoms with Gasteiger partial charge in [0.25, 0.3) is 0 Å². The number of carbonyl (C=O) groups is 1. The quantitative estimate of drug-likeness (QED) is 0.0446. The first-order chi connectivity index (χ1) is 33.7. The van der Waals surface area contributed by atoms with Crippen LogP contribution in [0.2, 0.25) is 0 Å². The van der Waals surface area contributed by atoms with E-state index in [9.17, 15) is 4.79 Å². The van der Waals surface area contributed by atoms with Gasteiger partial charge in [0.15, 0.2) is 0 Å². The Morgan fingerprint density at radius 2 is 0.789 bits per heavy atom. The van der Waals surface area contributed by atoms with Crippen molar-refractivity contribution >= 4 is 73.0 Å². The largest absolute Gasteiger partial charge is 0.478 e. The Morgan fingerprint density at radius 1 is 0.451 bits per heavy atom. The number of aromatic carboxylic acids is 1. The first-order valence-corrected chi connectivity index (χ1v) is 23.4. The van der Waals surface area contributed by atoms with Crippen LogP contribution in [-0.2, 0) is 0 Å². The van der Waals surface area contributed by atoms with Crippen LogP contribution in [0, 0.1) is 34.6 Å². The summed E-state index contributed by atoms with van der Waals surface area (Å²) in [6, 6.07) is 44.4. The monoisotopic (exact) mass is 959 g/mol. The number of benzene rings is 8. The molecule has 25 N–H and O–H groups in total. The normalized spacial score (nSPS) is 13.5. The molecule has 8 aromatic rings. The number of fused-ring (bicyclic) bond motifs is 2. The number of carboxylic acid groups (broad SMARTS) is 1. The Balaban J connectivity index is 0.000000212. The lowest BCUT2D eigenvalue weighted by atomic mass is 9.86. The number of nitrogen functional groups attached to an aromatic ring is 8. The molecule has 0 heterocycles. The molecule has 0 aliphatic heterocycles. The molecule has 1 aliphatic carbocycles. The van der Waals surface area contributed by atoms with Gasteiger partial charge in [0.2, 0.25) is 0 Å². The average molecular weight is 959 g/mol. The summed E-state index contributed by atoms with van der Waals surface area (Å²) in [5.74, 6) is -1.02. The second-order valence-electron chi connectivity index (χ2n) is 17.7. The maximum atomic E-state index is 10.4. The van der Waals surface area contributed by atoms with Gasteiger partial charge < -0.3 is 73.9 Å². The summed E-state index contributed by atoms with van der Waals surface area (Å²) in [5.41, 5.74) is 81.7. The zero-order valence-corrected chi connectivity index (χ0v) is 41.7. The minimum atomic E-state index is -1.02. The van der Waals surface area contributed by atoms with Gasteiger partial charge in [0, 0.05) is 64.3 Å². The summed E-state index contributed by atoms with van der Waals surface area (Å²) in [7, 11) is 0. The molecule has 0 bridgehead atoms. The third kappa shape index (κ3) is 15.2. The lowest BCUT2D eigenvalue weighted by molar-refractivity contribution is 0.0697. The van der Waals surface area contributed by atoms with Crippen LogP contribution in [-0.4, -0.2) is 29.8 Å². The second kappa shape index (κ2) is 26.1. The number of carboxylic acids is 1. The van der Waals surface area contributed by atoms with Crippen molar-refractivity contribution in [1.29, 1.82) is 0 Å². The van der Waals surface area contributed by atoms with Crippen molar-refractivity contribution in [2.75, 3.05) is 52.5 Å². The summed E-state index contributed by atoms with van der Waals surface area (Å²) in [4.78, 5) is 10.4. The van der Waals surface area contributed by atoms with Crippen LogP contribution in [0.5, 0.6) is 0 Å². The molecule has 1 saturated carbocycles. The van der Waals surface area contributed by atoms with Gasteiger partial charge in [0.05, 0.1) is 5.56 Å². The molecule has 71 heavy (non-hydrogen) atoms. The molecular formula is C57H74N12O2. The molecule has 0 saturated heterocycles. The predicted molar refractivity (Wildman–Crippen MR) is 305 cm³/mol. The maximum Gasteiger partial charge on any atom is 0.335 e. The molecule has 0 unspecified atom stereocenters. The van der Waals surface area contributed by atoms with E-state index in [2.05, 4.69) is 84.3 Å². The Bertz CT molecular complexity index is 2780. The molecule has 14 heteroatoms. The van der Waals surface area contributed by atoms with E-state index in [-0.39, 0.29) is 12.2 Å². The zero-order chi connectivity index (χ0) is 52.5. The van der Waals surface area contributed by atoms with Crippen LogP contribution in [0.3, 0.4) is 0 Å². The topological polar surface area (TPSA) is 350 Å². The summed E-state index contributed by atoms with van der Waals surface area (Å²) >= 11 is 0. The highest BCUT2D eigenvalue weighted by molar-refractivity contribution is 6.21. The van der Waals surface area contributed by atoms with Crippen LogP contribution in [0.15, 0.2) is 133 Å². The van der Waals surface area contributed by atoms with E-state index in [4.69, 9.17) is 62.4 Å². The van der Waals surface area contributed by atoms with E-state index < -0.39 is 5.97 Å². The number of anilines is 8. The third-order valence-corrected chi connectivity index (χ3v) is 12.2. The van der Waals surface area contributed by atoms with Crippen LogP contribution < -0.4 is 68.8 Å². The number of hydrogen-bond donors (Lipinski definition) is 13. The maximum absolute atomic E-state index is 10.4. The minimum absolute atomic E-state index is 0.113. The fraction of sp³-hybridized carbons (Fsp3) is 0.211. The average Bonchev–Trinajstić information content (AvgIpc) is 3.35. The molecule has 0 amide bonds. The number of hydrogen-bond acceptors (Lipinski definition) is 13. The van der Waals surface area contributed by atoms with Crippen molar-refractivity contribution in [3.05, 3.63) is 167 Å². The van der Waals surface area contributed by atoms with Gasteiger partial charge >= 0.3 is 5.97 Å². The lowest BCUT2D eigenvalue weighted by Crippen LogP contribution is -2.33. The molecule has 1 fully saturated rings. The first kappa shape index (κ1) is 55.6. The van der Waals surface area contributed by atoms with Crippen LogP contribution in [0.25, 0.3) is 43.8 Å². The van der Waals surface area contributed by atoms with Crippen molar-refractivity contribution in [2.24, 2.45) is 22.9 Å². The Labute approximate surface area is 418 Å². The molecule has 14 nitrogen and oxygen atoms in total. The van der Waals surface area contributed by atoms with E-state index in [1.807, 2.05) is 77.1 Å². The highest BCUT2D eigenvalue weighted by Gasteiger charge is 2.17. The van der Waals surface area contributed by atoms with Gasteiger partial charge in [-0.25, -0.2) is 4.79 Å². The van der Waals surface area contributed by atoms with Crippen molar-refractivity contribution in [3.8, 4) is 22.3 Å². The summed E-state index contributed by atoms with van der Waals surface area (Å²) < 4.78 is 0. The van der Waals surface area contributed by atoms with Crippen molar-refractivity contribution in [1.82, 2.24) is 0 Å². The van der Waals surface area contributed by atoms with Gasteiger partial charge in [-0.05, 0) is 180 Å². The third-order valence-electron chi connectivity index (χ3n) is 12.2. The SMILES string of the molecule is Cc1cc(C)c(N)c(C)c1N.Cc1ccc(N)c(C)c1N.NC1CCC(N)CC1.NCN.Nc1cc(N)cc(C(=O)O)c1.Nc1ccc(-c2c3ccccc3c(-c3ccc(N)cc3)c3ccccc23)cc1. The second-order valence-corrected chi connectivity index (χ2v) is 17.7. The van der Waals surface area contributed by atoms with E-state index >= 15 is 0 Å². The van der Waals surface area contributed by atoms with E-state index in [1.54, 1.807) is 0 Å². The molecule has 0 spiro atoms. The summed E-state index contributed by atoms with van der Waals surface area (Å²) in [6.07, 6.45) is 4.50. The number of aryl methyl sites for hydroxylation is 3. The Hall–Kier alpha value is -8.01. The van der Waals surface area contributed by atoms with Crippen LogP contribution >= 0.6 is 0 Å². The Kier molecular flexibility index (Phi) is 20.4. The smallest absolute Gasteiger partial charge is 0.335 e. The summed E-state index contributed by atoms with van der Waals surface area (Å²) in [6.45, 7) is 10.1. The molecule has 374 valence electrons. The fourth-order valence-electron chi connectivity index (χ4n) is 8.09. The molecule has 9 rings (SSSR count). The molecule has 0 aromatic heterocycles. The standard InChI is InChI=1S/C26H20N2.C9H14N2.C8H12N2.C7H8N2O2.C6H14N2.CH6N2/c27-19-13-9-17(10-14-19)25-21-5-1-2-6-22(21)26(18-11-15-20(28)16-12-18)24-8-4-3-7-23(24)25;1-5-4-6(2)9(11)7(3)8(5)10;1-5-3-4-7(9)6(2)8(5)10;8-5-1-4(7(10)11)2-6(9)3-5;7-5-1-2-6(8)4-3-5;2-1-3/h1-16H,27-28H2;4H,10-11H2,1-3H3;3-4H,9-10H2,1-2H3;1-3H,8-9H2,(H,10,11);5-6H,1-4,7-8H2;1-3H2. The van der Waals surface area contributed by atoms with Crippen molar-refractivity contribution in [3.63, 3.8) is 0 Å². The van der Waals surface area contributed by atoms with Gasteiger partial charge in [0.1, 0.15) is 0 Å². The molecule has 8 aromatic carbocycles.